The smallest absolute Gasteiger partial charge is 0.219 e. The van der Waals surface area contributed by atoms with Crippen LogP contribution in [0.2, 0.25) is 0 Å². The molecule has 0 aromatic carbocycles. The van der Waals surface area contributed by atoms with E-state index >= 15 is 0 Å². The molecule has 0 rings (SSSR count). The van der Waals surface area contributed by atoms with Crippen molar-refractivity contribution in [1.29, 1.82) is 0 Å². The van der Waals surface area contributed by atoms with E-state index in [0.29, 0.717) is 39.1 Å². The lowest BCUT2D eigenvalue weighted by atomic mass is 10.1. The van der Waals surface area contributed by atoms with Gasteiger partial charge < -0.3 is 15.4 Å². The molecular formula is C30H60N2O3. The predicted octanol–water partition coefficient (Wildman–Crippen LogP) is 7.86. The zero-order valence-corrected chi connectivity index (χ0v) is 23.6. The Morgan fingerprint density at radius 2 is 0.771 bits per heavy atom. The van der Waals surface area contributed by atoms with Crippen LogP contribution in [0.25, 0.3) is 0 Å². The van der Waals surface area contributed by atoms with Gasteiger partial charge in [0.05, 0.1) is 0 Å². The van der Waals surface area contributed by atoms with Crippen molar-refractivity contribution in [2.45, 2.75) is 155 Å². The molecule has 208 valence electrons. The standard InChI is InChI=1S/C30H60N2O3/c1-3-5-7-9-11-13-15-17-19-23-29(33)31-25-21-27-35-28-22-26-32-30(34)24-20-18-16-14-12-10-8-6-4-2/h3-28H2,1-2H3,(H,31,33)(H,32,34). The first-order valence-corrected chi connectivity index (χ1v) is 15.3. The van der Waals surface area contributed by atoms with Gasteiger partial charge in [-0.15, -0.1) is 0 Å². The average Bonchev–Trinajstić information content (AvgIpc) is 2.85. The second-order valence-corrected chi connectivity index (χ2v) is 10.2. The first-order chi connectivity index (χ1) is 17.2. The predicted molar refractivity (Wildman–Crippen MR) is 150 cm³/mol. The number of hydrogen-bond donors (Lipinski definition) is 2. The Hall–Kier alpha value is -1.10. The maximum absolute atomic E-state index is 11.9. The molecule has 0 aliphatic heterocycles. The van der Waals surface area contributed by atoms with E-state index < -0.39 is 0 Å². The zero-order valence-electron chi connectivity index (χ0n) is 23.6. The summed E-state index contributed by atoms with van der Waals surface area (Å²) in [6.45, 7) is 7.19. The van der Waals surface area contributed by atoms with Gasteiger partial charge in [0.15, 0.2) is 0 Å². The fraction of sp³-hybridized carbons (Fsp3) is 0.933. The van der Waals surface area contributed by atoms with Gasteiger partial charge in [-0.25, -0.2) is 0 Å². The summed E-state index contributed by atoms with van der Waals surface area (Å²) in [5.74, 6) is 0.338. The second kappa shape index (κ2) is 29.1. The number of carbonyl (C=O) groups is 2. The van der Waals surface area contributed by atoms with E-state index in [0.717, 1.165) is 25.7 Å². The summed E-state index contributed by atoms with van der Waals surface area (Å²) in [5.41, 5.74) is 0. The number of carbonyl (C=O) groups excluding carboxylic acids is 2. The monoisotopic (exact) mass is 496 g/mol. The number of ether oxygens (including phenoxy) is 1. The molecule has 2 amide bonds. The first kappa shape index (κ1) is 33.9. The summed E-state index contributed by atoms with van der Waals surface area (Å²) >= 11 is 0. The van der Waals surface area contributed by atoms with Crippen LogP contribution >= 0.6 is 0 Å². The lowest BCUT2D eigenvalue weighted by Crippen LogP contribution is -2.26. The highest BCUT2D eigenvalue weighted by Crippen LogP contribution is 2.11. The van der Waals surface area contributed by atoms with E-state index in [9.17, 15) is 9.59 Å². The largest absolute Gasteiger partial charge is 0.381 e. The maximum atomic E-state index is 11.9. The van der Waals surface area contributed by atoms with E-state index in [1.807, 2.05) is 0 Å². The van der Waals surface area contributed by atoms with Crippen LogP contribution in [-0.2, 0) is 14.3 Å². The minimum Gasteiger partial charge on any atom is -0.381 e. The molecule has 0 saturated heterocycles. The molecule has 35 heavy (non-hydrogen) atoms. The van der Waals surface area contributed by atoms with E-state index in [4.69, 9.17) is 4.74 Å². The van der Waals surface area contributed by atoms with Gasteiger partial charge in [0, 0.05) is 39.1 Å². The van der Waals surface area contributed by atoms with Crippen LogP contribution in [0.1, 0.15) is 155 Å². The summed E-state index contributed by atoms with van der Waals surface area (Å²) in [7, 11) is 0. The van der Waals surface area contributed by atoms with Gasteiger partial charge in [-0.05, 0) is 25.7 Å². The van der Waals surface area contributed by atoms with Crippen LogP contribution in [0.5, 0.6) is 0 Å². The van der Waals surface area contributed by atoms with Crippen molar-refractivity contribution in [3.05, 3.63) is 0 Å². The molecule has 5 heteroatoms. The molecule has 0 fully saturated rings. The molecule has 0 atom stereocenters. The van der Waals surface area contributed by atoms with Gasteiger partial charge in [0.25, 0.3) is 0 Å². The SMILES string of the molecule is CCCCCCCCCCCC(=O)NCCCOCCCNC(=O)CCCCCCCCCCC. The third kappa shape index (κ3) is 29.0. The van der Waals surface area contributed by atoms with Crippen LogP contribution in [0, 0.1) is 0 Å². The van der Waals surface area contributed by atoms with Crippen molar-refractivity contribution in [2.75, 3.05) is 26.3 Å². The Balaban J connectivity index is 3.24. The van der Waals surface area contributed by atoms with E-state index in [1.165, 1.54) is 103 Å². The summed E-state index contributed by atoms with van der Waals surface area (Å²) in [5, 5.41) is 5.98. The molecule has 2 N–H and O–H groups in total. The van der Waals surface area contributed by atoms with Gasteiger partial charge in [-0.2, -0.15) is 0 Å². The van der Waals surface area contributed by atoms with Crippen LogP contribution in [0.15, 0.2) is 0 Å². The molecule has 0 aliphatic carbocycles. The number of rotatable bonds is 28. The van der Waals surface area contributed by atoms with Crippen molar-refractivity contribution in [3.63, 3.8) is 0 Å². The molecule has 0 aromatic heterocycles. The highest BCUT2D eigenvalue weighted by molar-refractivity contribution is 5.76. The quantitative estimate of drug-likeness (QED) is 0.108. The number of hydrogen-bond acceptors (Lipinski definition) is 3. The third-order valence-corrected chi connectivity index (χ3v) is 6.59. The van der Waals surface area contributed by atoms with Crippen LogP contribution in [0.3, 0.4) is 0 Å². The van der Waals surface area contributed by atoms with Crippen LogP contribution < -0.4 is 10.6 Å². The van der Waals surface area contributed by atoms with Crippen LogP contribution in [-0.4, -0.2) is 38.1 Å². The lowest BCUT2D eigenvalue weighted by Gasteiger charge is -2.08. The number of unbranched alkanes of at least 4 members (excludes halogenated alkanes) is 16. The summed E-state index contributed by atoms with van der Waals surface area (Å²) in [6.07, 6.45) is 26.0. The van der Waals surface area contributed by atoms with Gasteiger partial charge >= 0.3 is 0 Å². The third-order valence-electron chi connectivity index (χ3n) is 6.59. The normalized spacial score (nSPS) is 11.0. The first-order valence-electron chi connectivity index (χ1n) is 15.3. The van der Waals surface area contributed by atoms with Crippen LogP contribution in [0.4, 0.5) is 0 Å². The second-order valence-electron chi connectivity index (χ2n) is 10.2. The van der Waals surface area contributed by atoms with E-state index in [1.54, 1.807) is 0 Å². The fourth-order valence-corrected chi connectivity index (χ4v) is 4.28. The van der Waals surface area contributed by atoms with Crippen molar-refractivity contribution in [2.24, 2.45) is 0 Å². The Kier molecular flexibility index (Phi) is 28.2. The molecule has 5 nitrogen and oxygen atoms in total. The Bertz CT molecular complexity index is 417. The van der Waals surface area contributed by atoms with Gasteiger partial charge in [0.2, 0.25) is 11.8 Å². The highest BCUT2D eigenvalue weighted by atomic mass is 16.5. The molecule has 0 saturated carbocycles. The van der Waals surface area contributed by atoms with Crippen molar-refractivity contribution >= 4 is 11.8 Å². The molecule has 0 unspecified atom stereocenters. The Morgan fingerprint density at radius 1 is 0.457 bits per heavy atom. The average molecular weight is 497 g/mol. The van der Waals surface area contributed by atoms with Gasteiger partial charge in [-0.3, -0.25) is 9.59 Å². The molecule has 0 aliphatic rings. The van der Waals surface area contributed by atoms with Crippen molar-refractivity contribution in [3.8, 4) is 0 Å². The molecule has 0 spiro atoms. The molecule has 0 heterocycles. The minimum atomic E-state index is 0.169. The molecule has 0 aromatic rings. The van der Waals surface area contributed by atoms with Crippen molar-refractivity contribution in [1.82, 2.24) is 10.6 Å². The summed E-state index contributed by atoms with van der Waals surface area (Å²) in [6, 6.07) is 0. The number of amides is 2. The number of nitrogens with one attached hydrogen (secondary N) is 2. The minimum absolute atomic E-state index is 0.169. The van der Waals surface area contributed by atoms with E-state index in [2.05, 4.69) is 24.5 Å². The Morgan fingerprint density at radius 3 is 1.11 bits per heavy atom. The molecule has 0 radical (unpaired) electrons. The topological polar surface area (TPSA) is 67.4 Å². The fourth-order valence-electron chi connectivity index (χ4n) is 4.28. The highest BCUT2D eigenvalue weighted by Gasteiger charge is 2.02. The maximum Gasteiger partial charge on any atom is 0.219 e. The lowest BCUT2D eigenvalue weighted by molar-refractivity contribution is -0.122. The Labute approximate surface area is 218 Å². The zero-order chi connectivity index (χ0) is 25.7. The van der Waals surface area contributed by atoms with Crippen molar-refractivity contribution < 1.29 is 14.3 Å². The molecule has 0 bridgehead atoms. The summed E-state index contributed by atoms with van der Waals surface area (Å²) in [4.78, 5) is 23.7. The van der Waals surface area contributed by atoms with Gasteiger partial charge in [0.1, 0.15) is 0 Å². The summed E-state index contributed by atoms with van der Waals surface area (Å²) < 4.78 is 5.62. The molecular weight excluding hydrogens is 436 g/mol. The van der Waals surface area contributed by atoms with Gasteiger partial charge in [-0.1, -0.05) is 117 Å². The van der Waals surface area contributed by atoms with E-state index in [-0.39, 0.29) is 11.8 Å².